The van der Waals surface area contributed by atoms with Gasteiger partial charge in [-0.25, -0.2) is 4.39 Å². The highest BCUT2D eigenvalue weighted by molar-refractivity contribution is 9.10. The fraction of sp³-hybridized carbons (Fsp3) is 0.429. The predicted octanol–water partition coefficient (Wildman–Crippen LogP) is 1.57. The second-order valence-electron chi connectivity index (χ2n) is 4.61. The fourth-order valence-corrected chi connectivity index (χ4v) is 2.51. The van der Waals surface area contributed by atoms with E-state index in [1.165, 1.54) is 17.0 Å². The average Bonchev–Trinajstić information content (AvgIpc) is 2.47. The normalized spacial score (nSPS) is 18.4. The zero-order chi connectivity index (χ0) is 15.4. The standard InChI is InChI=1S/C14H16BrFN2O3/c1-2-17-13(19)12-8-21-6-5-18(12)14(20)10-4-3-9(15)7-11(10)16/h3-4,7,12H,2,5-6,8H2,1H3,(H,17,19). The summed E-state index contributed by atoms with van der Waals surface area (Å²) in [4.78, 5) is 25.8. The SMILES string of the molecule is CCNC(=O)C1COCCN1C(=O)c1ccc(Br)cc1F. The van der Waals surface area contributed by atoms with Crippen LogP contribution in [-0.4, -0.2) is 49.1 Å². The number of likely N-dealkylation sites (N-methyl/N-ethyl adjacent to an activating group) is 1. The molecule has 1 saturated heterocycles. The third-order valence-electron chi connectivity index (χ3n) is 3.20. The molecule has 21 heavy (non-hydrogen) atoms. The lowest BCUT2D eigenvalue weighted by Gasteiger charge is -2.34. The number of hydrogen-bond donors (Lipinski definition) is 1. The summed E-state index contributed by atoms with van der Waals surface area (Å²) in [5, 5.41) is 2.66. The summed E-state index contributed by atoms with van der Waals surface area (Å²) >= 11 is 3.15. The van der Waals surface area contributed by atoms with Crippen LogP contribution in [0.25, 0.3) is 0 Å². The van der Waals surface area contributed by atoms with Crippen LogP contribution in [-0.2, 0) is 9.53 Å². The van der Waals surface area contributed by atoms with Crippen LogP contribution in [0.4, 0.5) is 4.39 Å². The highest BCUT2D eigenvalue weighted by Crippen LogP contribution is 2.19. The number of halogens is 2. The summed E-state index contributed by atoms with van der Waals surface area (Å²) in [6, 6.07) is 3.51. The van der Waals surface area contributed by atoms with Crippen LogP contribution >= 0.6 is 15.9 Å². The highest BCUT2D eigenvalue weighted by atomic mass is 79.9. The molecule has 5 nitrogen and oxygen atoms in total. The number of carbonyl (C=O) groups excluding carboxylic acids is 2. The van der Waals surface area contributed by atoms with E-state index < -0.39 is 17.8 Å². The van der Waals surface area contributed by atoms with Gasteiger partial charge in [0.2, 0.25) is 5.91 Å². The lowest BCUT2D eigenvalue weighted by molar-refractivity contribution is -0.130. The van der Waals surface area contributed by atoms with Gasteiger partial charge in [-0.15, -0.1) is 0 Å². The van der Waals surface area contributed by atoms with Gasteiger partial charge in [-0.2, -0.15) is 0 Å². The van der Waals surface area contributed by atoms with E-state index in [1.54, 1.807) is 13.0 Å². The topological polar surface area (TPSA) is 58.6 Å². The van der Waals surface area contributed by atoms with Gasteiger partial charge in [-0.05, 0) is 25.1 Å². The number of ether oxygens (including phenoxy) is 1. The van der Waals surface area contributed by atoms with Crippen LogP contribution in [0.15, 0.2) is 22.7 Å². The summed E-state index contributed by atoms with van der Waals surface area (Å²) < 4.78 is 19.7. The van der Waals surface area contributed by atoms with Gasteiger partial charge in [0.25, 0.3) is 5.91 Å². The molecule has 1 aromatic carbocycles. The van der Waals surface area contributed by atoms with Crippen LogP contribution in [0.3, 0.4) is 0 Å². The molecule has 1 unspecified atom stereocenters. The minimum atomic E-state index is -0.728. The molecule has 0 spiro atoms. The molecule has 0 bridgehead atoms. The van der Waals surface area contributed by atoms with Gasteiger partial charge in [0.1, 0.15) is 11.9 Å². The number of carbonyl (C=O) groups is 2. The Morgan fingerprint density at radius 2 is 2.29 bits per heavy atom. The second-order valence-corrected chi connectivity index (χ2v) is 5.52. The smallest absolute Gasteiger partial charge is 0.257 e. The van der Waals surface area contributed by atoms with Gasteiger partial charge < -0.3 is 15.0 Å². The zero-order valence-corrected chi connectivity index (χ0v) is 13.2. The first kappa shape index (κ1) is 15.9. The van der Waals surface area contributed by atoms with Gasteiger partial charge in [-0.1, -0.05) is 15.9 Å². The molecule has 1 aliphatic rings. The Bertz CT molecular complexity index is 553. The summed E-state index contributed by atoms with van der Waals surface area (Å²) in [7, 11) is 0. The number of rotatable bonds is 3. The van der Waals surface area contributed by atoms with Crippen LogP contribution in [0.2, 0.25) is 0 Å². The van der Waals surface area contributed by atoms with Crippen molar-refractivity contribution in [2.75, 3.05) is 26.3 Å². The van der Waals surface area contributed by atoms with Crippen molar-refractivity contribution in [1.29, 1.82) is 0 Å². The number of amides is 2. The number of hydrogen-bond acceptors (Lipinski definition) is 3. The minimum Gasteiger partial charge on any atom is -0.377 e. The van der Waals surface area contributed by atoms with Gasteiger partial charge in [0.15, 0.2) is 0 Å². The van der Waals surface area contributed by atoms with E-state index in [-0.39, 0.29) is 24.6 Å². The maximum Gasteiger partial charge on any atom is 0.257 e. The first-order valence-corrected chi connectivity index (χ1v) is 7.45. The second kappa shape index (κ2) is 7.00. The first-order valence-electron chi connectivity index (χ1n) is 6.66. The van der Waals surface area contributed by atoms with Gasteiger partial charge in [-0.3, -0.25) is 9.59 Å². The van der Waals surface area contributed by atoms with E-state index in [2.05, 4.69) is 21.2 Å². The lowest BCUT2D eigenvalue weighted by atomic mass is 10.1. The van der Waals surface area contributed by atoms with Crippen molar-refractivity contribution >= 4 is 27.7 Å². The van der Waals surface area contributed by atoms with Crippen molar-refractivity contribution in [3.05, 3.63) is 34.1 Å². The van der Waals surface area contributed by atoms with Crippen LogP contribution in [0.5, 0.6) is 0 Å². The third-order valence-corrected chi connectivity index (χ3v) is 3.70. The Labute approximate surface area is 130 Å². The molecule has 0 aromatic heterocycles. The summed E-state index contributed by atoms with van der Waals surface area (Å²) in [6.07, 6.45) is 0. The molecule has 1 N–H and O–H groups in total. The molecule has 1 aromatic rings. The molecule has 2 amide bonds. The molecule has 7 heteroatoms. The van der Waals surface area contributed by atoms with Crippen molar-refractivity contribution in [1.82, 2.24) is 10.2 Å². The molecule has 0 saturated carbocycles. The number of benzene rings is 1. The molecule has 0 aliphatic carbocycles. The average molecular weight is 359 g/mol. The minimum absolute atomic E-state index is 0.0469. The Kier molecular flexibility index (Phi) is 5.30. The molecule has 1 fully saturated rings. The number of nitrogens with zero attached hydrogens (tertiary/aromatic N) is 1. The summed E-state index contributed by atoms with van der Waals surface area (Å²) in [5.74, 6) is -1.40. The van der Waals surface area contributed by atoms with Crippen molar-refractivity contribution in [3.8, 4) is 0 Å². The molecular formula is C14H16BrFN2O3. The predicted molar refractivity (Wildman–Crippen MR) is 78.4 cm³/mol. The monoisotopic (exact) mass is 358 g/mol. The fourth-order valence-electron chi connectivity index (χ4n) is 2.17. The first-order chi connectivity index (χ1) is 10.0. The van der Waals surface area contributed by atoms with Gasteiger partial charge >= 0.3 is 0 Å². The quantitative estimate of drug-likeness (QED) is 0.891. The molecule has 0 radical (unpaired) electrons. The largest absolute Gasteiger partial charge is 0.377 e. The van der Waals surface area contributed by atoms with Crippen LogP contribution in [0, 0.1) is 5.82 Å². The van der Waals surface area contributed by atoms with E-state index in [0.717, 1.165) is 0 Å². The highest BCUT2D eigenvalue weighted by Gasteiger charge is 2.34. The molecule has 1 atom stereocenters. The molecule has 1 aliphatic heterocycles. The number of morpholine rings is 1. The Morgan fingerprint density at radius 3 is 2.95 bits per heavy atom. The van der Waals surface area contributed by atoms with E-state index in [1.807, 2.05) is 0 Å². The van der Waals surface area contributed by atoms with Crippen molar-refractivity contribution in [2.45, 2.75) is 13.0 Å². The zero-order valence-electron chi connectivity index (χ0n) is 11.6. The molecule has 2 rings (SSSR count). The van der Waals surface area contributed by atoms with Crippen molar-refractivity contribution in [3.63, 3.8) is 0 Å². The lowest BCUT2D eigenvalue weighted by Crippen LogP contribution is -2.56. The van der Waals surface area contributed by atoms with Gasteiger partial charge in [0, 0.05) is 17.6 Å². The van der Waals surface area contributed by atoms with Crippen LogP contribution < -0.4 is 5.32 Å². The Morgan fingerprint density at radius 1 is 1.52 bits per heavy atom. The van der Waals surface area contributed by atoms with E-state index in [9.17, 15) is 14.0 Å². The molecular weight excluding hydrogens is 343 g/mol. The van der Waals surface area contributed by atoms with Crippen molar-refractivity contribution < 1.29 is 18.7 Å². The summed E-state index contributed by atoms with van der Waals surface area (Å²) in [6.45, 7) is 2.97. The van der Waals surface area contributed by atoms with Crippen molar-refractivity contribution in [2.24, 2.45) is 0 Å². The Balaban J connectivity index is 2.24. The summed E-state index contributed by atoms with van der Waals surface area (Å²) in [5.41, 5.74) is -0.0469. The maximum absolute atomic E-state index is 13.9. The third kappa shape index (κ3) is 3.59. The maximum atomic E-state index is 13.9. The van der Waals surface area contributed by atoms with E-state index >= 15 is 0 Å². The van der Waals surface area contributed by atoms with E-state index in [4.69, 9.17) is 4.74 Å². The number of nitrogens with one attached hydrogen (secondary N) is 1. The molecule has 1 heterocycles. The van der Waals surface area contributed by atoms with E-state index in [0.29, 0.717) is 17.6 Å². The Hall–Kier alpha value is -1.47. The van der Waals surface area contributed by atoms with Crippen LogP contribution in [0.1, 0.15) is 17.3 Å². The van der Waals surface area contributed by atoms with Gasteiger partial charge in [0.05, 0.1) is 18.8 Å². The molecule has 114 valence electrons.